The van der Waals surface area contributed by atoms with Crippen molar-refractivity contribution in [3.05, 3.63) is 29.8 Å². The zero-order valence-electron chi connectivity index (χ0n) is 11.4. The third-order valence-corrected chi connectivity index (χ3v) is 5.55. The van der Waals surface area contributed by atoms with E-state index in [4.69, 9.17) is 5.73 Å². The van der Waals surface area contributed by atoms with Crippen LogP contribution in [0.5, 0.6) is 0 Å². The highest BCUT2D eigenvalue weighted by atomic mass is 32.2. The van der Waals surface area contributed by atoms with Gasteiger partial charge in [0.15, 0.2) is 9.84 Å². The Labute approximate surface area is 115 Å². The van der Waals surface area contributed by atoms with Crippen LogP contribution in [0.2, 0.25) is 0 Å². The average molecular weight is 282 g/mol. The number of anilines is 1. The molecule has 1 fully saturated rings. The predicted octanol–water partition coefficient (Wildman–Crippen LogP) is 1.32. The molecule has 0 aromatic heterocycles. The molecule has 19 heavy (non-hydrogen) atoms. The van der Waals surface area contributed by atoms with Gasteiger partial charge >= 0.3 is 0 Å². The Kier molecular flexibility index (Phi) is 4.47. The van der Waals surface area contributed by atoms with Crippen molar-refractivity contribution in [1.82, 2.24) is 4.90 Å². The van der Waals surface area contributed by atoms with Gasteiger partial charge in [-0.05, 0) is 37.9 Å². The summed E-state index contributed by atoms with van der Waals surface area (Å²) >= 11 is 0. The number of nitrogen functional groups attached to an aromatic ring is 1. The van der Waals surface area contributed by atoms with E-state index in [0.717, 1.165) is 25.1 Å². The van der Waals surface area contributed by atoms with Crippen LogP contribution in [0.4, 0.5) is 5.69 Å². The summed E-state index contributed by atoms with van der Waals surface area (Å²) in [6.07, 6.45) is 1.96. The number of para-hydroxylation sites is 1. The van der Waals surface area contributed by atoms with Crippen LogP contribution in [0.1, 0.15) is 18.9 Å². The van der Waals surface area contributed by atoms with Gasteiger partial charge in [-0.1, -0.05) is 18.2 Å². The van der Waals surface area contributed by atoms with Crippen LogP contribution in [0.25, 0.3) is 0 Å². The maximum Gasteiger partial charge on any atom is 0.153 e. The summed E-state index contributed by atoms with van der Waals surface area (Å²) in [5.41, 5.74) is 7.93. The molecule has 1 aliphatic heterocycles. The number of nitrogens with two attached hydrogens (primary N) is 1. The smallest absolute Gasteiger partial charge is 0.153 e. The molecule has 0 aliphatic carbocycles. The normalized spacial score (nSPS) is 23.3. The first-order chi connectivity index (χ1) is 8.98. The van der Waals surface area contributed by atoms with Crippen molar-refractivity contribution >= 4 is 15.5 Å². The number of benzene rings is 1. The summed E-state index contributed by atoms with van der Waals surface area (Å²) in [4.78, 5) is 2.26. The van der Waals surface area contributed by atoms with Gasteiger partial charge in [-0.3, -0.25) is 4.90 Å². The van der Waals surface area contributed by atoms with Gasteiger partial charge in [0, 0.05) is 18.3 Å². The summed E-state index contributed by atoms with van der Waals surface area (Å²) < 4.78 is 23.0. The van der Waals surface area contributed by atoms with E-state index < -0.39 is 9.84 Å². The van der Waals surface area contributed by atoms with Gasteiger partial charge in [-0.15, -0.1) is 0 Å². The minimum absolute atomic E-state index is 0.131. The summed E-state index contributed by atoms with van der Waals surface area (Å²) in [6.45, 7) is 3.59. The van der Waals surface area contributed by atoms with Crippen LogP contribution in [-0.2, 0) is 16.3 Å². The first kappa shape index (κ1) is 14.3. The lowest BCUT2D eigenvalue weighted by Gasteiger charge is -2.33. The average Bonchev–Trinajstić information content (AvgIpc) is 2.33. The van der Waals surface area contributed by atoms with Crippen LogP contribution in [0, 0.1) is 0 Å². The molecule has 1 aromatic rings. The number of hydrogen-bond acceptors (Lipinski definition) is 4. The third kappa shape index (κ3) is 3.94. The largest absolute Gasteiger partial charge is 0.399 e. The van der Waals surface area contributed by atoms with E-state index in [1.807, 2.05) is 25.1 Å². The van der Waals surface area contributed by atoms with Crippen molar-refractivity contribution in [2.45, 2.75) is 25.8 Å². The molecule has 0 amide bonds. The second-order valence-corrected chi connectivity index (χ2v) is 7.53. The summed E-state index contributed by atoms with van der Waals surface area (Å²) in [7, 11) is -2.81. The van der Waals surface area contributed by atoms with Crippen molar-refractivity contribution in [3.63, 3.8) is 0 Å². The first-order valence-electron chi connectivity index (χ1n) is 6.76. The van der Waals surface area contributed by atoms with Crippen molar-refractivity contribution in [2.24, 2.45) is 0 Å². The van der Waals surface area contributed by atoms with Gasteiger partial charge in [0.2, 0.25) is 0 Å². The zero-order chi connectivity index (χ0) is 13.9. The van der Waals surface area contributed by atoms with Crippen LogP contribution < -0.4 is 5.73 Å². The van der Waals surface area contributed by atoms with Gasteiger partial charge in [0.05, 0.1) is 11.5 Å². The van der Waals surface area contributed by atoms with E-state index in [1.165, 1.54) is 5.56 Å². The lowest BCUT2D eigenvalue weighted by Crippen LogP contribution is -2.47. The van der Waals surface area contributed by atoms with Crippen molar-refractivity contribution < 1.29 is 8.42 Å². The lowest BCUT2D eigenvalue weighted by molar-refractivity contribution is 0.224. The van der Waals surface area contributed by atoms with Gasteiger partial charge < -0.3 is 5.73 Å². The van der Waals surface area contributed by atoms with Gasteiger partial charge in [-0.2, -0.15) is 0 Å². The van der Waals surface area contributed by atoms with E-state index in [0.29, 0.717) is 18.1 Å². The van der Waals surface area contributed by atoms with Crippen LogP contribution >= 0.6 is 0 Å². The first-order valence-corrected chi connectivity index (χ1v) is 8.58. The number of hydrogen-bond donors (Lipinski definition) is 1. The second kappa shape index (κ2) is 5.92. The molecule has 1 unspecified atom stereocenters. The third-order valence-electron chi connectivity index (χ3n) is 3.75. The molecular weight excluding hydrogens is 260 g/mol. The molecule has 4 nitrogen and oxygen atoms in total. The SMILES string of the molecule is CC1CS(=O)(=O)CCN1CCCc1ccccc1N. The summed E-state index contributed by atoms with van der Waals surface area (Å²) in [5, 5.41) is 0. The summed E-state index contributed by atoms with van der Waals surface area (Å²) in [5.74, 6) is 0.589. The Morgan fingerprint density at radius 1 is 1.37 bits per heavy atom. The fourth-order valence-electron chi connectivity index (χ4n) is 2.60. The van der Waals surface area contributed by atoms with Gasteiger partial charge in [0.1, 0.15) is 0 Å². The number of aryl methyl sites for hydroxylation is 1. The van der Waals surface area contributed by atoms with E-state index in [9.17, 15) is 8.42 Å². The Bertz CT molecular complexity index is 528. The highest BCUT2D eigenvalue weighted by Gasteiger charge is 2.27. The Morgan fingerprint density at radius 3 is 2.79 bits per heavy atom. The van der Waals surface area contributed by atoms with E-state index in [-0.39, 0.29) is 6.04 Å². The lowest BCUT2D eigenvalue weighted by atomic mass is 10.1. The molecule has 1 atom stereocenters. The quantitative estimate of drug-likeness (QED) is 0.846. The van der Waals surface area contributed by atoms with Crippen molar-refractivity contribution in [1.29, 1.82) is 0 Å². The van der Waals surface area contributed by atoms with Gasteiger partial charge in [0.25, 0.3) is 0 Å². The van der Waals surface area contributed by atoms with E-state index >= 15 is 0 Å². The Hall–Kier alpha value is -1.07. The highest BCUT2D eigenvalue weighted by Crippen LogP contribution is 2.15. The maximum absolute atomic E-state index is 11.5. The minimum atomic E-state index is -2.81. The number of rotatable bonds is 4. The molecule has 5 heteroatoms. The topological polar surface area (TPSA) is 63.4 Å². The molecule has 1 heterocycles. The predicted molar refractivity (Wildman–Crippen MR) is 78.9 cm³/mol. The monoisotopic (exact) mass is 282 g/mol. The molecule has 2 rings (SSSR count). The van der Waals surface area contributed by atoms with E-state index in [1.54, 1.807) is 0 Å². The molecule has 0 spiro atoms. The standard InChI is InChI=1S/C14H22N2O2S/c1-12-11-19(17,18)10-9-16(12)8-4-6-13-5-2-3-7-14(13)15/h2-3,5,7,12H,4,6,8-11,15H2,1H3. The molecule has 1 aromatic carbocycles. The molecular formula is C14H22N2O2S. The van der Waals surface area contributed by atoms with Gasteiger partial charge in [-0.25, -0.2) is 8.42 Å². The summed E-state index contributed by atoms with van der Waals surface area (Å²) in [6, 6.07) is 8.05. The van der Waals surface area contributed by atoms with E-state index in [2.05, 4.69) is 11.0 Å². The van der Waals surface area contributed by atoms with Crippen LogP contribution in [0.3, 0.4) is 0 Å². The van der Waals surface area contributed by atoms with Crippen LogP contribution in [0.15, 0.2) is 24.3 Å². The fraction of sp³-hybridized carbons (Fsp3) is 0.571. The molecule has 0 radical (unpaired) electrons. The number of nitrogens with zero attached hydrogens (tertiary/aromatic N) is 1. The highest BCUT2D eigenvalue weighted by molar-refractivity contribution is 7.91. The molecule has 1 aliphatic rings. The van der Waals surface area contributed by atoms with Crippen LogP contribution in [-0.4, -0.2) is 44.0 Å². The molecule has 0 saturated carbocycles. The Balaban J connectivity index is 1.82. The van der Waals surface area contributed by atoms with Crippen molar-refractivity contribution in [2.75, 3.05) is 30.3 Å². The molecule has 1 saturated heterocycles. The maximum atomic E-state index is 11.5. The van der Waals surface area contributed by atoms with Crippen molar-refractivity contribution in [3.8, 4) is 0 Å². The Morgan fingerprint density at radius 2 is 2.11 bits per heavy atom. The molecule has 0 bridgehead atoms. The number of sulfone groups is 1. The fourth-order valence-corrected chi connectivity index (χ4v) is 4.22. The minimum Gasteiger partial charge on any atom is -0.399 e. The molecule has 2 N–H and O–H groups in total. The zero-order valence-corrected chi connectivity index (χ0v) is 12.2. The molecule has 106 valence electrons. The second-order valence-electron chi connectivity index (χ2n) is 5.30.